The van der Waals surface area contributed by atoms with Gasteiger partial charge >= 0.3 is 0 Å². The maximum absolute atomic E-state index is 13.2. The Morgan fingerprint density at radius 2 is 1.96 bits per heavy atom. The van der Waals surface area contributed by atoms with Crippen LogP contribution in [-0.2, 0) is 4.79 Å². The van der Waals surface area contributed by atoms with Gasteiger partial charge in [0.15, 0.2) is 10.7 Å². The lowest BCUT2D eigenvalue weighted by Crippen LogP contribution is -2.41. The Morgan fingerprint density at radius 3 is 2.63 bits per heavy atom. The van der Waals surface area contributed by atoms with Gasteiger partial charge in [0, 0.05) is 11.1 Å². The first-order valence-corrected chi connectivity index (χ1v) is 8.90. The Balaban J connectivity index is 1.82. The van der Waals surface area contributed by atoms with Crippen LogP contribution in [0, 0.1) is 11.2 Å². The topological polar surface area (TPSA) is 67.2 Å². The Hall–Kier alpha value is -2.51. The first kappa shape index (κ1) is 19.3. The standard InChI is InChI=1S/C19H17ClFN3O2S/c1-19(2,3)17(25)24-18(27)22-11-5-7-15-14(9-11)23-16(26-15)12-6-4-10(21)8-13(12)20/h4-9H,1-3H3,(H2,22,24,25,27). The number of carbonyl (C=O) groups is 1. The van der Waals surface area contributed by atoms with Crippen LogP contribution in [0.1, 0.15) is 20.8 Å². The Kier molecular flexibility index (Phi) is 5.17. The molecule has 0 radical (unpaired) electrons. The van der Waals surface area contributed by atoms with E-state index in [4.69, 9.17) is 28.2 Å². The van der Waals surface area contributed by atoms with E-state index in [1.165, 1.54) is 18.2 Å². The summed E-state index contributed by atoms with van der Waals surface area (Å²) in [5.74, 6) is -0.330. The van der Waals surface area contributed by atoms with Crippen molar-refractivity contribution in [3.63, 3.8) is 0 Å². The highest BCUT2D eigenvalue weighted by Gasteiger charge is 2.22. The van der Waals surface area contributed by atoms with E-state index in [1.54, 1.807) is 39.0 Å². The van der Waals surface area contributed by atoms with Crippen molar-refractivity contribution >= 4 is 51.6 Å². The van der Waals surface area contributed by atoms with Gasteiger partial charge < -0.3 is 15.1 Å². The molecule has 0 saturated heterocycles. The minimum Gasteiger partial charge on any atom is -0.436 e. The number of oxazole rings is 1. The van der Waals surface area contributed by atoms with Gasteiger partial charge in [0.2, 0.25) is 11.8 Å². The summed E-state index contributed by atoms with van der Waals surface area (Å²) in [6.45, 7) is 5.40. The van der Waals surface area contributed by atoms with Gasteiger partial charge in [0.25, 0.3) is 0 Å². The van der Waals surface area contributed by atoms with Gasteiger partial charge in [-0.1, -0.05) is 32.4 Å². The summed E-state index contributed by atoms with van der Waals surface area (Å²) in [6, 6.07) is 9.21. The molecule has 0 unspecified atom stereocenters. The van der Waals surface area contributed by atoms with E-state index in [0.29, 0.717) is 22.4 Å². The first-order valence-electron chi connectivity index (χ1n) is 8.12. The highest BCUT2D eigenvalue weighted by molar-refractivity contribution is 7.80. The molecule has 3 rings (SSSR count). The van der Waals surface area contributed by atoms with Crippen LogP contribution in [0.5, 0.6) is 0 Å². The second kappa shape index (κ2) is 7.25. The molecule has 5 nitrogen and oxygen atoms in total. The fourth-order valence-corrected chi connectivity index (χ4v) is 2.69. The van der Waals surface area contributed by atoms with E-state index in [1.807, 2.05) is 0 Å². The molecule has 1 aromatic heterocycles. The molecule has 1 heterocycles. The highest BCUT2D eigenvalue weighted by atomic mass is 35.5. The van der Waals surface area contributed by atoms with Crippen LogP contribution in [-0.4, -0.2) is 16.0 Å². The predicted octanol–water partition coefficient (Wildman–Crippen LogP) is 5.15. The van der Waals surface area contributed by atoms with Crippen LogP contribution in [0.2, 0.25) is 5.02 Å². The van der Waals surface area contributed by atoms with Gasteiger partial charge in [0.05, 0.1) is 10.6 Å². The molecular weight excluding hydrogens is 389 g/mol. The number of benzene rings is 2. The smallest absolute Gasteiger partial charge is 0.231 e. The Labute approximate surface area is 165 Å². The Morgan fingerprint density at radius 1 is 1.22 bits per heavy atom. The van der Waals surface area contributed by atoms with E-state index in [0.717, 1.165) is 0 Å². The number of aromatic nitrogens is 1. The van der Waals surface area contributed by atoms with Gasteiger partial charge in [-0.15, -0.1) is 0 Å². The van der Waals surface area contributed by atoms with Crippen molar-refractivity contribution in [2.24, 2.45) is 5.41 Å². The van der Waals surface area contributed by atoms with Crippen molar-refractivity contribution in [1.29, 1.82) is 0 Å². The van der Waals surface area contributed by atoms with Crippen molar-refractivity contribution in [1.82, 2.24) is 10.3 Å². The van der Waals surface area contributed by atoms with Crippen molar-refractivity contribution in [2.45, 2.75) is 20.8 Å². The normalized spacial score (nSPS) is 11.4. The van der Waals surface area contributed by atoms with Gasteiger partial charge in [-0.05, 0) is 48.6 Å². The first-order chi connectivity index (χ1) is 12.6. The molecule has 0 bridgehead atoms. The molecule has 8 heteroatoms. The molecule has 27 heavy (non-hydrogen) atoms. The van der Waals surface area contributed by atoms with Crippen molar-refractivity contribution in [2.75, 3.05) is 5.32 Å². The van der Waals surface area contributed by atoms with Gasteiger partial charge in [-0.2, -0.15) is 0 Å². The molecule has 2 N–H and O–H groups in total. The minimum absolute atomic E-state index is 0.184. The molecule has 2 aromatic carbocycles. The number of thiocarbonyl (C=S) groups is 1. The molecule has 3 aromatic rings. The second-order valence-corrected chi connectivity index (χ2v) is 7.80. The molecule has 0 spiro atoms. The molecule has 0 saturated carbocycles. The quantitative estimate of drug-likeness (QED) is 0.577. The van der Waals surface area contributed by atoms with Crippen LogP contribution in [0.15, 0.2) is 40.8 Å². The van der Waals surface area contributed by atoms with E-state index >= 15 is 0 Å². The number of rotatable bonds is 2. The maximum atomic E-state index is 13.2. The summed E-state index contributed by atoms with van der Waals surface area (Å²) in [5.41, 5.74) is 1.70. The number of nitrogens with zero attached hydrogens (tertiary/aromatic N) is 1. The molecule has 1 amide bonds. The predicted molar refractivity (Wildman–Crippen MR) is 108 cm³/mol. The summed E-state index contributed by atoms with van der Waals surface area (Å²) in [5, 5.41) is 6.00. The van der Waals surface area contributed by atoms with E-state index < -0.39 is 11.2 Å². The van der Waals surface area contributed by atoms with E-state index in [9.17, 15) is 9.18 Å². The molecule has 0 fully saturated rings. The zero-order valence-electron chi connectivity index (χ0n) is 14.9. The zero-order valence-corrected chi connectivity index (χ0v) is 16.5. The van der Waals surface area contributed by atoms with E-state index in [2.05, 4.69) is 15.6 Å². The lowest BCUT2D eigenvalue weighted by atomic mass is 9.96. The van der Waals surface area contributed by atoms with Gasteiger partial charge in [0.1, 0.15) is 11.3 Å². The SMILES string of the molecule is CC(C)(C)C(=O)NC(=S)Nc1ccc2oc(-c3ccc(F)cc3Cl)nc2c1. The zero-order chi connectivity index (χ0) is 19.8. The lowest BCUT2D eigenvalue weighted by Gasteiger charge is -2.18. The third-order valence-corrected chi connectivity index (χ3v) is 4.23. The average molecular weight is 406 g/mol. The third kappa shape index (κ3) is 4.43. The number of amides is 1. The van der Waals surface area contributed by atoms with Crippen LogP contribution < -0.4 is 10.6 Å². The van der Waals surface area contributed by atoms with Gasteiger partial charge in [-0.3, -0.25) is 4.79 Å². The summed E-state index contributed by atoms with van der Waals surface area (Å²) in [6.07, 6.45) is 0. The molecule has 0 aliphatic heterocycles. The fourth-order valence-electron chi connectivity index (χ4n) is 2.24. The summed E-state index contributed by atoms with van der Waals surface area (Å²) < 4.78 is 18.9. The van der Waals surface area contributed by atoms with Crippen LogP contribution in [0.25, 0.3) is 22.6 Å². The highest BCUT2D eigenvalue weighted by Crippen LogP contribution is 2.31. The summed E-state index contributed by atoms with van der Waals surface area (Å²) in [4.78, 5) is 16.4. The van der Waals surface area contributed by atoms with Crippen molar-refractivity contribution in [3.05, 3.63) is 47.2 Å². The third-order valence-electron chi connectivity index (χ3n) is 3.72. The minimum atomic E-state index is -0.550. The van der Waals surface area contributed by atoms with E-state index in [-0.39, 0.29) is 21.9 Å². The lowest BCUT2D eigenvalue weighted by molar-refractivity contribution is -0.126. The number of fused-ring (bicyclic) bond motifs is 1. The molecule has 0 atom stereocenters. The number of hydrogen-bond donors (Lipinski definition) is 2. The summed E-state index contributed by atoms with van der Waals surface area (Å²) in [7, 11) is 0. The van der Waals surface area contributed by atoms with Crippen LogP contribution in [0.4, 0.5) is 10.1 Å². The fraction of sp³-hybridized carbons (Fsp3) is 0.211. The molecule has 0 aliphatic rings. The molecular formula is C19H17ClFN3O2S. The van der Waals surface area contributed by atoms with Crippen molar-refractivity contribution in [3.8, 4) is 11.5 Å². The Bertz CT molecular complexity index is 1040. The van der Waals surface area contributed by atoms with Crippen molar-refractivity contribution < 1.29 is 13.6 Å². The largest absolute Gasteiger partial charge is 0.436 e. The summed E-state index contributed by atoms with van der Waals surface area (Å²) >= 11 is 11.2. The number of anilines is 1. The molecule has 140 valence electrons. The van der Waals surface area contributed by atoms with Gasteiger partial charge in [-0.25, -0.2) is 9.37 Å². The second-order valence-electron chi connectivity index (χ2n) is 6.98. The van der Waals surface area contributed by atoms with Crippen LogP contribution >= 0.6 is 23.8 Å². The number of halogens is 2. The number of hydrogen-bond acceptors (Lipinski definition) is 4. The number of carbonyl (C=O) groups excluding carboxylic acids is 1. The maximum Gasteiger partial charge on any atom is 0.231 e. The van der Waals surface area contributed by atoms with Crippen LogP contribution in [0.3, 0.4) is 0 Å². The monoisotopic (exact) mass is 405 g/mol. The molecule has 0 aliphatic carbocycles. The number of nitrogens with one attached hydrogen (secondary N) is 2. The average Bonchev–Trinajstić information content (AvgIpc) is 2.96.